The summed E-state index contributed by atoms with van der Waals surface area (Å²) < 4.78 is 26.9. The van der Waals surface area contributed by atoms with Crippen LogP contribution < -0.4 is 10.6 Å². The van der Waals surface area contributed by atoms with Crippen LogP contribution in [0.2, 0.25) is 0 Å². The van der Waals surface area contributed by atoms with E-state index in [-0.39, 0.29) is 17.0 Å². The number of aromatic nitrogens is 1. The van der Waals surface area contributed by atoms with Crippen LogP contribution in [0.1, 0.15) is 44.0 Å². The fraction of sp³-hybridized carbons (Fsp3) is 0.393. The largest absolute Gasteiger partial charge is 0.481 e. The van der Waals surface area contributed by atoms with Gasteiger partial charge in [-0.1, -0.05) is 19.1 Å². The van der Waals surface area contributed by atoms with E-state index in [1.807, 2.05) is 18.3 Å². The number of amides is 2. The molecule has 6 nitrogen and oxygen atoms in total. The maximum atomic E-state index is 13.8. The third-order valence-corrected chi connectivity index (χ3v) is 10.2. The number of rotatable bonds is 5. The quantitative estimate of drug-likeness (QED) is 0.339. The second kappa shape index (κ2) is 8.62. The van der Waals surface area contributed by atoms with Gasteiger partial charge in [0.05, 0.1) is 21.0 Å². The number of carbonyl (C=O) groups is 2. The summed E-state index contributed by atoms with van der Waals surface area (Å²) in [6, 6.07) is 9.57. The third-order valence-electron chi connectivity index (χ3n) is 8.90. The summed E-state index contributed by atoms with van der Waals surface area (Å²) in [5, 5.41) is 16.3. The van der Waals surface area contributed by atoms with Crippen LogP contribution in [0.15, 0.2) is 48.7 Å². The molecule has 3 N–H and O–H groups in total. The standard InChI is InChI=1S/C28H27F2N3O3S/c1-15-27(10-16-8-17(11-27)13-28(15,12-16)25(34)35)24-31-14-23(37-24)18-2-5-20(6-3-18)32-26(36)33-22-7-4-19(29)9-21(22)30/h2-7,9,14-17H,8,10-13H2,1H3,(H,34,35)(H2,32,33,36). The number of thiazole rings is 1. The lowest BCUT2D eigenvalue weighted by atomic mass is 9.40. The fourth-order valence-electron chi connectivity index (χ4n) is 7.36. The normalized spacial score (nSPS) is 29.8. The zero-order valence-corrected chi connectivity index (χ0v) is 21.1. The first-order chi connectivity index (χ1) is 17.7. The van der Waals surface area contributed by atoms with Crippen molar-refractivity contribution >= 4 is 34.7 Å². The van der Waals surface area contributed by atoms with Crippen molar-refractivity contribution < 1.29 is 23.5 Å². The minimum atomic E-state index is -0.853. The van der Waals surface area contributed by atoms with Crippen LogP contribution in [0.3, 0.4) is 0 Å². The van der Waals surface area contributed by atoms with Gasteiger partial charge in [-0.05, 0) is 79.7 Å². The fourth-order valence-corrected chi connectivity index (χ4v) is 8.58. The second-order valence-corrected chi connectivity index (χ2v) is 12.0. The van der Waals surface area contributed by atoms with Crippen molar-refractivity contribution in [2.45, 2.75) is 44.4 Å². The smallest absolute Gasteiger partial charge is 0.323 e. The van der Waals surface area contributed by atoms with E-state index in [2.05, 4.69) is 17.6 Å². The Labute approximate surface area is 217 Å². The highest BCUT2D eigenvalue weighted by Crippen LogP contribution is 2.68. The van der Waals surface area contributed by atoms with E-state index in [1.54, 1.807) is 23.5 Å². The molecule has 2 aromatic carbocycles. The van der Waals surface area contributed by atoms with Gasteiger partial charge in [-0.15, -0.1) is 11.3 Å². The first-order valence-electron chi connectivity index (χ1n) is 12.5. The number of carboxylic acid groups (broad SMARTS) is 1. The lowest BCUT2D eigenvalue weighted by Gasteiger charge is -2.63. The topological polar surface area (TPSA) is 91.3 Å². The summed E-state index contributed by atoms with van der Waals surface area (Å²) in [5.41, 5.74) is 0.536. The average Bonchev–Trinajstić information content (AvgIpc) is 3.35. The molecule has 4 saturated carbocycles. The van der Waals surface area contributed by atoms with Gasteiger partial charge in [0.1, 0.15) is 11.6 Å². The molecule has 7 rings (SSSR count). The Hall–Kier alpha value is -3.33. The Morgan fingerprint density at radius 1 is 1.03 bits per heavy atom. The minimum Gasteiger partial charge on any atom is -0.481 e. The maximum Gasteiger partial charge on any atom is 0.323 e. The molecule has 4 fully saturated rings. The van der Waals surface area contributed by atoms with Crippen molar-refractivity contribution in [1.82, 2.24) is 4.98 Å². The molecule has 192 valence electrons. The summed E-state index contributed by atoms with van der Waals surface area (Å²) in [6.07, 6.45) is 6.60. The van der Waals surface area contributed by atoms with Crippen molar-refractivity contribution in [2.24, 2.45) is 23.2 Å². The van der Waals surface area contributed by atoms with Crippen LogP contribution >= 0.6 is 11.3 Å². The lowest BCUT2D eigenvalue weighted by molar-refractivity contribution is -0.180. The molecule has 1 heterocycles. The van der Waals surface area contributed by atoms with Gasteiger partial charge in [0, 0.05) is 23.4 Å². The van der Waals surface area contributed by atoms with Gasteiger partial charge in [0.2, 0.25) is 0 Å². The minimum absolute atomic E-state index is 0.0420. The van der Waals surface area contributed by atoms with Gasteiger partial charge in [-0.2, -0.15) is 0 Å². The van der Waals surface area contributed by atoms with Crippen LogP contribution in [0, 0.1) is 34.8 Å². The number of carbonyl (C=O) groups excluding carboxylic acids is 1. The zero-order valence-electron chi connectivity index (χ0n) is 20.3. The molecule has 0 radical (unpaired) electrons. The first-order valence-corrected chi connectivity index (χ1v) is 13.3. The van der Waals surface area contributed by atoms with Gasteiger partial charge in [0.15, 0.2) is 0 Å². The van der Waals surface area contributed by atoms with Gasteiger partial charge >= 0.3 is 12.0 Å². The van der Waals surface area contributed by atoms with Crippen LogP contribution in [-0.4, -0.2) is 22.1 Å². The molecule has 3 aromatic rings. The molecule has 1 aromatic heterocycles. The molecule has 2 amide bonds. The van der Waals surface area contributed by atoms with E-state index in [0.717, 1.165) is 59.7 Å². The number of nitrogens with zero attached hydrogens (tertiary/aromatic N) is 1. The highest BCUT2D eigenvalue weighted by Gasteiger charge is 2.66. The van der Waals surface area contributed by atoms with Crippen LogP contribution in [-0.2, 0) is 10.2 Å². The van der Waals surface area contributed by atoms with Crippen molar-refractivity contribution in [3.05, 3.63) is 65.3 Å². The number of hydrogen-bond donors (Lipinski definition) is 3. The molecule has 4 aliphatic rings. The number of urea groups is 1. The van der Waals surface area contributed by atoms with Gasteiger partial charge in [-0.3, -0.25) is 4.79 Å². The van der Waals surface area contributed by atoms with Crippen molar-refractivity contribution in [2.75, 3.05) is 10.6 Å². The van der Waals surface area contributed by atoms with Crippen molar-refractivity contribution in [3.8, 4) is 10.4 Å². The Balaban J connectivity index is 1.19. The maximum absolute atomic E-state index is 13.8. The molecule has 9 heteroatoms. The summed E-state index contributed by atoms with van der Waals surface area (Å²) in [4.78, 5) is 30.5. The number of nitrogens with one attached hydrogen (secondary N) is 2. The Kier molecular flexibility index (Phi) is 5.60. The number of aliphatic carboxylic acids is 1. The van der Waals surface area contributed by atoms with Crippen LogP contribution in [0.5, 0.6) is 0 Å². The van der Waals surface area contributed by atoms with Gasteiger partial charge in [0.25, 0.3) is 0 Å². The molecule has 0 spiro atoms. The first kappa shape index (κ1) is 24.0. The molecule has 37 heavy (non-hydrogen) atoms. The summed E-state index contributed by atoms with van der Waals surface area (Å²) in [5.74, 6) is -1.28. The zero-order chi connectivity index (χ0) is 25.9. The number of halogens is 2. The SMILES string of the molecule is CC1C2(C(=O)O)CC3CC(C2)CC1(c1ncc(-c2ccc(NC(=O)Nc4ccc(F)cc4F)cc2)s1)C3. The Morgan fingerprint density at radius 3 is 2.38 bits per heavy atom. The van der Waals surface area contributed by atoms with E-state index in [9.17, 15) is 23.5 Å². The molecular weight excluding hydrogens is 496 g/mol. The predicted molar refractivity (Wildman–Crippen MR) is 138 cm³/mol. The van der Waals surface area contributed by atoms with Crippen molar-refractivity contribution in [1.29, 1.82) is 0 Å². The van der Waals surface area contributed by atoms with Crippen molar-refractivity contribution in [3.63, 3.8) is 0 Å². The third kappa shape index (κ3) is 3.91. The van der Waals surface area contributed by atoms with E-state index in [0.29, 0.717) is 23.6 Å². The summed E-state index contributed by atoms with van der Waals surface area (Å²) >= 11 is 1.64. The summed E-state index contributed by atoms with van der Waals surface area (Å²) in [7, 11) is 0. The number of carboxylic acids is 1. The number of hydrogen-bond acceptors (Lipinski definition) is 4. The molecular formula is C28H27F2N3O3S. The Bertz CT molecular complexity index is 1380. The van der Waals surface area contributed by atoms with E-state index in [4.69, 9.17) is 4.98 Å². The molecule has 4 bridgehead atoms. The van der Waals surface area contributed by atoms with Gasteiger partial charge < -0.3 is 15.7 Å². The second-order valence-electron chi connectivity index (χ2n) is 10.9. The molecule has 0 aliphatic heterocycles. The molecule has 3 atom stereocenters. The number of benzene rings is 2. The highest BCUT2D eigenvalue weighted by atomic mass is 32.1. The van der Waals surface area contributed by atoms with E-state index >= 15 is 0 Å². The highest BCUT2D eigenvalue weighted by molar-refractivity contribution is 7.15. The average molecular weight is 524 g/mol. The van der Waals surface area contributed by atoms with E-state index < -0.39 is 29.0 Å². The van der Waals surface area contributed by atoms with Crippen LogP contribution in [0.4, 0.5) is 25.0 Å². The number of anilines is 2. The van der Waals surface area contributed by atoms with E-state index in [1.165, 1.54) is 0 Å². The summed E-state index contributed by atoms with van der Waals surface area (Å²) in [6.45, 7) is 2.12. The Morgan fingerprint density at radius 2 is 1.73 bits per heavy atom. The molecule has 0 saturated heterocycles. The van der Waals surface area contributed by atoms with Gasteiger partial charge in [-0.25, -0.2) is 18.6 Å². The molecule has 4 aliphatic carbocycles. The predicted octanol–water partition coefficient (Wildman–Crippen LogP) is 6.90. The monoisotopic (exact) mass is 523 g/mol. The molecule has 3 unspecified atom stereocenters. The van der Waals surface area contributed by atoms with Crippen LogP contribution in [0.25, 0.3) is 10.4 Å². The lowest BCUT2D eigenvalue weighted by Crippen LogP contribution is -2.62.